The standard InChI is InChI=1S/C20H24FNO2/c1-2-24-19-8-4-3-6-17(19)7-5-15-22-20(23)14-11-16-9-12-18(21)13-10-16/h3-4,6,8-10,12-13H,2,5,7,11,14-15H2,1H3,(H,22,23). The van der Waals surface area contributed by atoms with Crippen LogP contribution < -0.4 is 10.1 Å². The summed E-state index contributed by atoms with van der Waals surface area (Å²) in [7, 11) is 0. The van der Waals surface area contributed by atoms with Gasteiger partial charge in [0.1, 0.15) is 11.6 Å². The molecule has 2 aromatic carbocycles. The molecule has 0 aliphatic carbocycles. The second kappa shape index (κ2) is 9.71. The molecule has 0 saturated heterocycles. The van der Waals surface area contributed by atoms with Crippen molar-refractivity contribution >= 4 is 5.91 Å². The average molecular weight is 329 g/mol. The van der Waals surface area contributed by atoms with Crippen LogP contribution in [0.5, 0.6) is 5.75 Å². The Morgan fingerprint density at radius 3 is 2.58 bits per heavy atom. The molecule has 4 heteroatoms. The van der Waals surface area contributed by atoms with E-state index in [9.17, 15) is 9.18 Å². The molecule has 1 amide bonds. The third-order valence-corrected chi connectivity index (χ3v) is 3.77. The second-order valence-electron chi connectivity index (χ2n) is 5.62. The molecule has 0 spiro atoms. The number of hydrogen-bond donors (Lipinski definition) is 1. The van der Waals surface area contributed by atoms with Crippen LogP contribution in [0, 0.1) is 5.82 Å². The SMILES string of the molecule is CCOc1ccccc1CCCNC(=O)CCc1ccc(F)cc1. The van der Waals surface area contributed by atoms with Crippen molar-refractivity contribution in [3.8, 4) is 5.75 Å². The van der Waals surface area contributed by atoms with Gasteiger partial charge in [-0.15, -0.1) is 0 Å². The molecule has 1 N–H and O–H groups in total. The molecule has 0 fully saturated rings. The molecular weight excluding hydrogens is 305 g/mol. The van der Waals surface area contributed by atoms with Gasteiger partial charge in [0.2, 0.25) is 5.91 Å². The van der Waals surface area contributed by atoms with Gasteiger partial charge in [-0.2, -0.15) is 0 Å². The van der Waals surface area contributed by atoms with Crippen molar-refractivity contribution in [2.75, 3.05) is 13.2 Å². The molecule has 2 aromatic rings. The Morgan fingerprint density at radius 2 is 1.83 bits per heavy atom. The van der Waals surface area contributed by atoms with Crippen LogP contribution in [0.25, 0.3) is 0 Å². The van der Waals surface area contributed by atoms with Crippen molar-refractivity contribution in [2.45, 2.75) is 32.6 Å². The third kappa shape index (κ3) is 6.03. The lowest BCUT2D eigenvalue weighted by molar-refractivity contribution is -0.121. The van der Waals surface area contributed by atoms with Crippen molar-refractivity contribution < 1.29 is 13.9 Å². The van der Waals surface area contributed by atoms with E-state index in [1.54, 1.807) is 12.1 Å². The monoisotopic (exact) mass is 329 g/mol. The molecule has 3 nitrogen and oxygen atoms in total. The Hall–Kier alpha value is -2.36. The molecule has 0 radical (unpaired) electrons. The van der Waals surface area contributed by atoms with Gasteiger partial charge in [0, 0.05) is 13.0 Å². The molecule has 128 valence electrons. The van der Waals surface area contributed by atoms with Crippen molar-refractivity contribution in [3.63, 3.8) is 0 Å². The fraction of sp³-hybridized carbons (Fsp3) is 0.350. The van der Waals surface area contributed by atoms with Crippen LogP contribution in [0.4, 0.5) is 4.39 Å². The van der Waals surface area contributed by atoms with E-state index >= 15 is 0 Å². The summed E-state index contributed by atoms with van der Waals surface area (Å²) in [5, 5.41) is 2.93. The van der Waals surface area contributed by atoms with Gasteiger partial charge in [-0.3, -0.25) is 4.79 Å². The summed E-state index contributed by atoms with van der Waals surface area (Å²) in [5.74, 6) is 0.690. The van der Waals surface area contributed by atoms with Crippen LogP contribution in [-0.4, -0.2) is 19.1 Å². The Balaban J connectivity index is 1.67. The highest BCUT2D eigenvalue weighted by molar-refractivity contribution is 5.76. The van der Waals surface area contributed by atoms with Crippen molar-refractivity contribution in [1.82, 2.24) is 5.32 Å². The number of rotatable bonds is 9. The number of ether oxygens (including phenoxy) is 1. The molecule has 0 atom stereocenters. The summed E-state index contributed by atoms with van der Waals surface area (Å²) in [6, 6.07) is 14.3. The van der Waals surface area contributed by atoms with Crippen LogP contribution in [0.3, 0.4) is 0 Å². The smallest absolute Gasteiger partial charge is 0.220 e. The highest BCUT2D eigenvalue weighted by Crippen LogP contribution is 2.19. The maximum Gasteiger partial charge on any atom is 0.220 e. The average Bonchev–Trinajstić information content (AvgIpc) is 2.60. The molecule has 0 aliphatic heterocycles. The number of nitrogens with one attached hydrogen (secondary N) is 1. The van der Waals surface area contributed by atoms with Crippen molar-refractivity contribution in [1.29, 1.82) is 0 Å². The number of halogens is 1. The molecule has 0 bridgehead atoms. The lowest BCUT2D eigenvalue weighted by atomic mass is 10.1. The Morgan fingerprint density at radius 1 is 1.08 bits per heavy atom. The zero-order valence-electron chi connectivity index (χ0n) is 14.1. The van der Waals surface area contributed by atoms with Crippen molar-refractivity contribution in [2.24, 2.45) is 0 Å². The predicted octanol–water partition coefficient (Wildman–Crippen LogP) is 3.91. The first-order chi connectivity index (χ1) is 11.7. The van der Waals surface area contributed by atoms with Gasteiger partial charge in [0.05, 0.1) is 6.61 Å². The van der Waals surface area contributed by atoms with E-state index in [0.717, 1.165) is 24.2 Å². The number of para-hydroxylation sites is 1. The number of aryl methyl sites for hydroxylation is 2. The lowest BCUT2D eigenvalue weighted by Crippen LogP contribution is -2.25. The maximum absolute atomic E-state index is 12.8. The van der Waals surface area contributed by atoms with E-state index in [4.69, 9.17) is 4.74 Å². The minimum atomic E-state index is -0.254. The third-order valence-electron chi connectivity index (χ3n) is 3.77. The molecule has 0 unspecified atom stereocenters. The number of carbonyl (C=O) groups excluding carboxylic acids is 1. The predicted molar refractivity (Wildman–Crippen MR) is 93.7 cm³/mol. The maximum atomic E-state index is 12.8. The molecular formula is C20H24FNO2. The topological polar surface area (TPSA) is 38.3 Å². The largest absolute Gasteiger partial charge is 0.494 e. The first-order valence-corrected chi connectivity index (χ1v) is 8.41. The van der Waals surface area contributed by atoms with Gasteiger partial charge in [-0.05, 0) is 55.5 Å². The van der Waals surface area contributed by atoms with Crippen LogP contribution >= 0.6 is 0 Å². The molecule has 2 rings (SSSR count). The van der Waals surface area contributed by atoms with E-state index in [1.807, 2.05) is 25.1 Å². The van der Waals surface area contributed by atoms with Crippen LogP contribution in [0.15, 0.2) is 48.5 Å². The van der Waals surface area contributed by atoms with Gasteiger partial charge < -0.3 is 10.1 Å². The fourth-order valence-electron chi connectivity index (χ4n) is 2.51. The molecule has 24 heavy (non-hydrogen) atoms. The number of carbonyl (C=O) groups is 1. The zero-order chi connectivity index (χ0) is 17.2. The second-order valence-corrected chi connectivity index (χ2v) is 5.62. The Bertz CT molecular complexity index is 640. The number of benzene rings is 2. The van der Waals surface area contributed by atoms with Gasteiger partial charge >= 0.3 is 0 Å². The Kier molecular flexibility index (Phi) is 7.27. The van der Waals surface area contributed by atoms with E-state index < -0.39 is 0 Å². The van der Waals surface area contributed by atoms with Gasteiger partial charge in [-0.25, -0.2) is 4.39 Å². The van der Waals surface area contributed by atoms with E-state index in [0.29, 0.717) is 26.0 Å². The summed E-state index contributed by atoms with van der Waals surface area (Å²) in [6.45, 7) is 3.26. The quantitative estimate of drug-likeness (QED) is 0.709. The highest BCUT2D eigenvalue weighted by atomic mass is 19.1. The van der Waals surface area contributed by atoms with Crippen LogP contribution in [0.2, 0.25) is 0 Å². The minimum Gasteiger partial charge on any atom is -0.494 e. The summed E-state index contributed by atoms with van der Waals surface area (Å²) in [6.07, 6.45) is 2.78. The van der Waals surface area contributed by atoms with Gasteiger partial charge in [-0.1, -0.05) is 30.3 Å². The summed E-state index contributed by atoms with van der Waals surface area (Å²) >= 11 is 0. The first kappa shape index (κ1) is 18.0. The van der Waals surface area contributed by atoms with E-state index in [2.05, 4.69) is 11.4 Å². The fourth-order valence-corrected chi connectivity index (χ4v) is 2.51. The number of amides is 1. The van der Waals surface area contributed by atoms with E-state index in [-0.39, 0.29) is 11.7 Å². The Labute approximate surface area is 142 Å². The summed E-state index contributed by atoms with van der Waals surface area (Å²) in [4.78, 5) is 11.9. The molecule has 0 heterocycles. The van der Waals surface area contributed by atoms with Gasteiger partial charge in [0.25, 0.3) is 0 Å². The molecule has 0 aliphatic rings. The van der Waals surface area contributed by atoms with Gasteiger partial charge in [0.15, 0.2) is 0 Å². The minimum absolute atomic E-state index is 0.0254. The molecule has 0 saturated carbocycles. The first-order valence-electron chi connectivity index (χ1n) is 8.41. The molecule has 0 aromatic heterocycles. The summed E-state index contributed by atoms with van der Waals surface area (Å²) < 4.78 is 18.4. The summed E-state index contributed by atoms with van der Waals surface area (Å²) in [5.41, 5.74) is 2.14. The highest BCUT2D eigenvalue weighted by Gasteiger charge is 2.04. The lowest BCUT2D eigenvalue weighted by Gasteiger charge is -2.10. The van der Waals surface area contributed by atoms with Crippen molar-refractivity contribution in [3.05, 3.63) is 65.5 Å². The van der Waals surface area contributed by atoms with Crippen LogP contribution in [0.1, 0.15) is 30.9 Å². The van der Waals surface area contributed by atoms with E-state index in [1.165, 1.54) is 17.7 Å². The number of hydrogen-bond acceptors (Lipinski definition) is 2. The van der Waals surface area contributed by atoms with Crippen LogP contribution in [-0.2, 0) is 17.6 Å². The normalized spacial score (nSPS) is 10.4. The zero-order valence-corrected chi connectivity index (χ0v) is 14.1.